The topological polar surface area (TPSA) is 12.0 Å². The third-order valence-corrected chi connectivity index (χ3v) is 4.36. The van der Waals surface area contributed by atoms with Gasteiger partial charge < -0.3 is 5.32 Å². The fourth-order valence-electron chi connectivity index (χ4n) is 3.06. The van der Waals surface area contributed by atoms with Crippen LogP contribution in [0.1, 0.15) is 58.4 Å². The third-order valence-electron chi connectivity index (χ3n) is 4.36. The van der Waals surface area contributed by atoms with Gasteiger partial charge in [0.05, 0.1) is 0 Å². The van der Waals surface area contributed by atoms with Gasteiger partial charge in [0.15, 0.2) is 0 Å². The Bertz CT molecular complexity index is 366. The van der Waals surface area contributed by atoms with Crippen molar-refractivity contribution in [2.45, 2.75) is 58.9 Å². The van der Waals surface area contributed by atoms with E-state index in [1.54, 1.807) is 0 Å². The van der Waals surface area contributed by atoms with Crippen molar-refractivity contribution >= 4 is 5.69 Å². The standard InChI is InChI=1S/C17H27N/c1-12(2)15-6-8-16(9-7-15)18-17-10-5-13(3)11-14(17)4/h6-9,12-14,17-18H,5,10-11H2,1-4H3. The lowest BCUT2D eigenvalue weighted by Crippen LogP contribution is -2.32. The molecule has 1 N–H and O–H groups in total. The van der Waals surface area contributed by atoms with Gasteiger partial charge in [-0.25, -0.2) is 0 Å². The van der Waals surface area contributed by atoms with Gasteiger partial charge in [0.2, 0.25) is 0 Å². The van der Waals surface area contributed by atoms with Crippen LogP contribution in [0.4, 0.5) is 5.69 Å². The monoisotopic (exact) mass is 245 g/mol. The molecule has 1 aromatic rings. The van der Waals surface area contributed by atoms with Crippen LogP contribution in [0, 0.1) is 11.8 Å². The molecule has 1 saturated carbocycles. The van der Waals surface area contributed by atoms with Gasteiger partial charge in [-0.2, -0.15) is 0 Å². The highest BCUT2D eigenvalue weighted by Gasteiger charge is 2.24. The van der Waals surface area contributed by atoms with Gasteiger partial charge in [-0.1, -0.05) is 39.8 Å². The number of benzene rings is 1. The Morgan fingerprint density at radius 1 is 1.06 bits per heavy atom. The smallest absolute Gasteiger partial charge is 0.0342 e. The summed E-state index contributed by atoms with van der Waals surface area (Å²) in [6, 6.07) is 9.64. The zero-order valence-electron chi connectivity index (χ0n) is 12.2. The largest absolute Gasteiger partial charge is 0.382 e. The van der Waals surface area contributed by atoms with E-state index >= 15 is 0 Å². The zero-order valence-corrected chi connectivity index (χ0v) is 12.2. The minimum absolute atomic E-state index is 0.619. The van der Waals surface area contributed by atoms with Gasteiger partial charge in [-0.3, -0.25) is 0 Å². The maximum Gasteiger partial charge on any atom is 0.0342 e. The molecule has 2 rings (SSSR count). The molecule has 0 bridgehead atoms. The summed E-state index contributed by atoms with van der Waals surface area (Å²) in [5, 5.41) is 3.72. The quantitative estimate of drug-likeness (QED) is 0.786. The van der Waals surface area contributed by atoms with Crippen LogP contribution in [0.5, 0.6) is 0 Å². The second-order valence-corrected chi connectivity index (χ2v) is 6.42. The number of nitrogens with one attached hydrogen (secondary N) is 1. The van der Waals surface area contributed by atoms with Crippen LogP contribution in [0.15, 0.2) is 24.3 Å². The van der Waals surface area contributed by atoms with Crippen molar-refractivity contribution < 1.29 is 0 Å². The van der Waals surface area contributed by atoms with E-state index in [0.717, 1.165) is 11.8 Å². The molecule has 100 valence electrons. The predicted octanol–water partition coefficient (Wildman–Crippen LogP) is 5.05. The van der Waals surface area contributed by atoms with Crippen LogP contribution in [0.25, 0.3) is 0 Å². The summed E-state index contributed by atoms with van der Waals surface area (Å²) < 4.78 is 0. The number of anilines is 1. The molecule has 0 aromatic heterocycles. The van der Waals surface area contributed by atoms with E-state index in [9.17, 15) is 0 Å². The molecule has 0 amide bonds. The van der Waals surface area contributed by atoms with E-state index in [0.29, 0.717) is 12.0 Å². The number of hydrogen-bond acceptors (Lipinski definition) is 1. The minimum Gasteiger partial charge on any atom is -0.382 e. The first kappa shape index (κ1) is 13.5. The fraction of sp³-hybridized carbons (Fsp3) is 0.647. The Morgan fingerprint density at radius 2 is 1.72 bits per heavy atom. The molecule has 1 aliphatic carbocycles. The first-order chi connectivity index (χ1) is 8.56. The van der Waals surface area contributed by atoms with Gasteiger partial charge in [0, 0.05) is 11.7 Å². The fourth-order valence-corrected chi connectivity index (χ4v) is 3.06. The lowest BCUT2D eigenvalue weighted by molar-refractivity contribution is 0.276. The van der Waals surface area contributed by atoms with Crippen molar-refractivity contribution in [1.82, 2.24) is 0 Å². The van der Waals surface area contributed by atoms with Crippen LogP contribution in [0.2, 0.25) is 0 Å². The first-order valence-corrected chi connectivity index (χ1v) is 7.42. The molecule has 1 aliphatic rings. The molecule has 1 aromatic carbocycles. The summed E-state index contributed by atoms with van der Waals surface area (Å²) in [5.74, 6) is 2.31. The maximum absolute atomic E-state index is 3.72. The SMILES string of the molecule is CC1CCC(Nc2ccc(C(C)C)cc2)C(C)C1. The van der Waals surface area contributed by atoms with Gasteiger partial charge in [0.1, 0.15) is 0 Å². The molecule has 3 atom stereocenters. The van der Waals surface area contributed by atoms with E-state index in [1.807, 2.05) is 0 Å². The summed E-state index contributed by atoms with van der Waals surface area (Å²) in [7, 11) is 0. The average molecular weight is 245 g/mol. The van der Waals surface area contributed by atoms with Crippen molar-refractivity contribution in [2.75, 3.05) is 5.32 Å². The van der Waals surface area contributed by atoms with Gasteiger partial charge in [-0.15, -0.1) is 0 Å². The summed E-state index contributed by atoms with van der Waals surface area (Å²) in [5.41, 5.74) is 2.71. The molecule has 3 unspecified atom stereocenters. The molecule has 1 nitrogen and oxygen atoms in total. The minimum atomic E-state index is 0.619. The number of rotatable bonds is 3. The second kappa shape index (κ2) is 5.77. The van der Waals surface area contributed by atoms with E-state index in [-0.39, 0.29) is 0 Å². The number of hydrogen-bond donors (Lipinski definition) is 1. The van der Waals surface area contributed by atoms with Crippen LogP contribution in [-0.2, 0) is 0 Å². The average Bonchev–Trinajstić information content (AvgIpc) is 2.33. The molecule has 0 heterocycles. The third kappa shape index (κ3) is 3.28. The summed E-state index contributed by atoms with van der Waals surface area (Å²) >= 11 is 0. The first-order valence-electron chi connectivity index (χ1n) is 7.42. The second-order valence-electron chi connectivity index (χ2n) is 6.42. The van der Waals surface area contributed by atoms with E-state index in [1.165, 1.54) is 30.5 Å². The van der Waals surface area contributed by atoms with Crippen LogP contribution >= 0.6 is 0 Å². The lowest BCUT2D eigenvalue weighted by atomic mass is 9.80. The molecule has 0 saturated heterocycles. The molecule has 1 fully saturated rings. The maximum atomic E-state index is 3.72. The summed E-state index contributed by atoms with van der Waals surface area (Å²) in [6.07, 6.45) is 4.04. The summed E-state index contributed by atoms with van der Waals surface area (Å²) in [6.45, 7) is 9.25. The van der Waals surface area contributed by atoms with E-state index < -0.39 is 0 Å². The molecular formula is C17H27N. The van der Waals surface area contributed by atoms with Crippen molar-refractivity contribution in [2.24, 2.45) is 11.8 Å². The Kier molecular flexibility index (Phi) is 4.31. The molecule has 0 aliphatic heterocycles. The van der Waals surface area contributed by atoms with Crippen molar-refractivity contribution in [1.29, 1.82) is 0 Å². The predicted molar refractivity (Wildman–Crippen MR) is 80.1 cm³/mol. The Labute approximate surface area is 112 Å². The molecule has 0 spiro atoms. The van der Waals surface area contributed by atoms with Crippen molar-refractivity contribution in [3.63, 3.8) is 0 Å². The van der Waals surface area contributed by atoms with Gasteiger partial charge in [-0.05, 0) is 54.7 Å². The van der Waals surface area contributed by atoms with Crippen LogP contribution < -0.4 is 5.32 Å². The van der Waals surface area contributed by atoms with Crippen molar-refractivity contribution in [3.8, 4) is 0 Å². The lowest BCUT2D eigenvalue weighted by Gasteiger charge is -2.33. The normalized spacial score (nSPS) is 28.4. The Balaban J connectivity index is 1.96. The zero-order chi connectivity index (χ0) is 13.1. The van der Waals surface area contributed by atoms with E-state index in [4.69, 9.17) is 0 Å². The highest BCUT2D eigenvalue weighted by molar-refractivity contribution is 5.46. The van der Waals surface area contributed by atoms with Crippen molar-refractivity contribution in [3.05, 3.63) is 29.8 Å². The van der Waals surface area contributed by atoms with Gasteiger partial charge >= 0.3 is 0 Å². The molecule has 1 heteroatoms. The molecular weight excluding hydrogens is 218 g/mol. The van der Waals surface area contributed by atoms with Crippen LogP contribution in [0.3, 0.4) is 0 Å². The molecule has 0 radical (unpaired) electrons. The van der Waals surface area contributed by atoms with Gasteiger partial charge in [0.25, 0.3) is 0 Å². The Morgan fingerprint density at radius 3 is 2.28 bits per heavy atom. The van der Waals surface area contributed by atoms with E-state index in [2.05, 4.69) is 57.3 Å². The highest BCUT2D eigenvalue weighted by atomic mass is 14.9. The van der Waals surface area contributed by atoms with Crippen LogP contribution in [-0.4, -0.2) is 6.04 Å². The Hall–Kier alpha value is -0.980. The molecule has 18 heavy (non-hydrogen) atoms. The highest BCUT2D eigenvalue weighted by Crippen LogP contribution is 2.31. The summed E-state index contributed by atoms with van der Waals surface area (Å²) in [4.78, 5) is 0.